The second-order valence-corrected chi connectivity index (χ2v) is 7.32. The lowest BCUT2D eigenvalue weighted by atomic mass is 9.98. The van der Waals surface area contributed by atoms with Gasteiger partial charge in [0.15, 0.2) is 0 Å². The first-order chi connectivity index (χ1) is 15.1. The minimum absolute atomic E-state index is 0.168. The van der Waals surface area contributed by atoms with Crippen LogP contribution in [0.15, 0.2) is 77.6 Å². The second-order valence-electron chi connectivity index (χ2n) is 7.32. The molecule has 4 aromatic rings. The number of benzene rings is 2. The molecule has 0 aliphatic heterocycles. The lowest BCUT2D eigenvalue weighted by molar-refractivity contribution is -0.117. The molecule has 1 atom stereocenters. The standard InChI is InChI=1S/C25H23N3O3/c1-16-5-4-6-20(15-16)17(2)24(29)27-25-22(18-11-13-26-14-12-18)23(28-31-25)19-7-9-21(30-3)10-8-19/h4-15,17H,1-3H3,(H,27,29). The molecular weight excluding hydrogens is 390 g/mol. The number of anilines is 1. The van der Waals surface area contributed by atoms with Crippen LogP contribution in [-0.4, -0.2) is 23.2 Å². The molecule has 1 unspecified atom stereocenters. The van der Waals surface area contributed by atoms with Crippen LogP contribution < -0.4 is 10.1 Å². The number of amides is 1. The zero-order valence-corrected chi connectivity index (χ0v) is 17.6. The van der Waals surface area contributed by atoms with Crippen molar-refractivity contribution in [2.45, 2.75) is 19.8 Å². The Labute approximate surface area is 180 Å². The van der Waals surface area contributed by atoms with Crippen LogP contribution in [0.25, 0.3) is 22.4 Å². The SMILES string of the molecule is COc1ccc(-c2noc(NC(=O)C(C)c3cccc(C)c3)c2-c2ccncc2)cc1. The highest BCUT2D eigenvalue weighted by Gasteiger charge is 2.24. The molecule has 0 saturated carbocycles. The number of hydrogen-bond acceptors (Lipinski definition) is 5. The van der Waals surface area contributed by atoms with Gasteiger partial charge >= 0.3 is 0 Å². The molecule has 2 aromatic carbocycles. The fraction of sp³-hybridized carbons (Fsp3) is 0.160. The highest BCUT2D eigenvalue weighted by Crippen LogP contribution is 2.38. The number of nitrogens with zero attached hydrogens (tertiary/aromatic N) is 2. The Kier molecular flexibility index (Phi) is 5.80. The van der Waals surface area contributed by atoms with E-state index in [9.17, 15) is 4.79 Å². The lowest BCUT2D eigenvalue weighted by Gasteiger charge is -2.12. The summed E-state index contributed by atoms with van der Waals surface area (Å²) in [5, 5.41) is 7.19. The second kappa shape index (κ2) is 8.83. The van der Waals surface area contributed by atoms with Crippen molar-refractivity contribution in [3.05, 3.63) is 84.2 Å². The summed E-state index contributed by atoms with van der Waals surface area (Å²) in [5.74, 6) is 0.540. The van der Waals surface area contributed by atoms with Gasteiger partial charge in [-0.25, -0.2) is 0 Å². The smallest absolute Gasteiger partial charge is 0.239 e. The highest BCUT2D eigenvalue weighted by molar-refractivity contribution is 5.99. The molecule has 1 N–H and O–H groups in total. The van der Waals surface area contributed by atoms with Gasteiger partial charge in [0, 0.05) is 18.0 Å². The van der Waals surface area contributed by atoms with Crippen molar-refractivity contribution in [1.82, 2.24) is 10.1 Å². The molecule has 0 spiro atoms. The van der Waals surface area contributed by atoms with Crippen LogP contribution >= 0.6 is 0 Å². The van der Waals surface area contributed by atoms with Gasteiger partial charge in [-0.15, -0.1) is 0 Å². The van der Waals surface area contributed by atoms with Gasteiger partial charge in [-0.05, 0) is 61.4 Å². The molecule has 0 aliphatic carbocycles. The molecule has 31 heavy (non-hydrogen) atoms. The normalized spacial score (nSPS) is 11.7. The van der Waals surface area contributed by atoms with Gasteiger partial charge in [0.1, 0.15) is 11.4 Å². The van der Waals surface area contributed by atoms with Crippen molar-refractivity contribution in [3.63, 3.8) is 0 Å². The van der Waals surface area contributed by atoms with E-state index in [1.165, 1.54) is 0 Å². The quantitative estimate of drug-likeness (QED) is 0.454. The third-order valence-electron chi connectivity index (χ3n) is 5.20. The molecule has 4 rings (SSSR count). The molecule has 1 amide bonds. The maximum atomic E-state index is 13.0. The van der Waals surface area contributed by atoms with Crippen molar-refractivity contribution in [3.8, 4) is 28.1 Å². The number of carbonyl (C=O) groups is 1. The molecule has 2 heterocycles. The minimum atomic E-state index is -0.347. The Morgan fingerprint density at radius 2 is 1.77 bits per heavy atom. The van der Waals surface area contributed by atoms with Crippen LogP contribution in [0.5, 0.6) is 5.75 Å². The van der Waals surface area contributed by atoms with Crippen LogP contribution in [0.4, 0.5) is 5.88 Å². The van der Waals surface area contributed by atoms with Crippen molar-refractivity contribution in [1.29, 1.82) is 0 Å². The average Bonchev–Trinajstić information content (AvgIpc) is 3.22. The van der Waals surface area contributed by atoms with E-state index in [0.717, 1.165) is 28.0 Å². The number of ether oxygens (including phenoxy) is 1. The average molecular weight is 413 g/mol. The van der Waals surface area contributed by atoms with Crippen LogP contribution in [0.1, 0.15) is 24.0 Å². The number of nitrogens with one attached hydrogen (secondary N) is 1. The molecule has 6 heteroatoms. The number of aryl methyl sites for hydroxylation is 1. The summed E-state index contributed by atoms with van der Waals surface area (Å²) in [5.41, 5.74) is 5.09. The maximum absolute atomic E-state index is 13.0. The zero-order chi connectivity index (χ0) is 21.8. The van der Waals surface area contributed by atoms with E-state index in [4.69, 9.17) is 9.26 Å². The Balaban J connectivity index is 1.70. The van der Waals surface area contributed by atoms with E-state index in [1.807, 2.05) is 74.5 Å². The van der Waals surface area contributed by atoms with E-state index < -0.39 is 0 Å². The topological polar surface area (TPSA) is 77.3 Å². The Morgan fingerprint density at radius 3 is 2.45 bits per heavy atom. The molecule has 0 fully saturated rings. The summed E-state index contributed by atoms with van der Waals surface area (Å²) in [6.07, 6.45) is 3.39. The maximum Gasteiger partial charge on any atom is 0.239 e. The molecule has 0 bridgehead atoms. The number of methoxy groups -OCH3 is 1. The first-order valence-corrected chi connectivity index (χ1v) is 9.98. The van der Waals surface area contributed by atoms with Gasteiger partial charge in [0.2, 0.25) is 11.8 Å². The molecule has 0 radical (unpaired) electrons. The van der Waals surface area contributed by atoms with Crippen LogP contribution in [-0.2, 0) is 4.79 Å². The number of hydrogen-bond donors (Lipinski definition) is 1. The van der Waals surface area contributed by atoms with E-state index in [2.05, 4.69) is 15.5 Å². The Bertz CT molecular complexity index is 1180. The van der Waals surface area contributed by atoms with E-state index in [0.29, 0.717) is 17.1 Å². The lowest BCUT2D eigenvalue weighted by Crippen LogP contribution is -2.19. The summed E-state index contributed by atoms with van der Waals surface area (Å²) in [6, 6.07) is 19.2. The van der Waals surface area contributed by atoms with Gasteiger partial charge in [-0.2, -0.15) is 0 Å². The Morgan fingerprint density at radius 1 is 1.03 bits per heavy atom. The highest BCUT2D eigenvalue weighted by atomic mass is 16.5. The fourth-order valence-electron chi connectivity index (χ4n) is 3.42. The molecule has 0 aliphatic rings. The summed E-state index contributed by atoms with van der Waals surface area (Å²) in [6.45, 7) is 3.88. The molecular formula is C25H23N3O3. The number of rotatable bonds is 6. The van der Waals surface area contributed by atoms with Crippen molar-refractivity contribution < 1.29 is 14.1 Å². The molecule has 0 saturated heterocycles. The van der Waals surface area contributed by atoms with Crippen LogP contribution in [0.3, 0.4) is 0 Å². The summed E-state index contributed by atoms with van der Waals surface area (Å²) >= 11 is 0. The van der Waals surface area contributed by atoms with Gasteiger partial charge in [-0.3, -0.25) is 15.1 Å². The predicted molar refractivity (Wildman–Crippen MR) is 120 cm³/mol. The largest absolute Gasteiger partial charge is 0.497 e. The number of carbonyl (C=O) groups excluding carboxylic acids is 1. The molecule has 2 aromatic heterocycles. The van der Waals surface area contributed by atoms with E-state index in [1.54, 1.807) is 19.5 Å². The van der Waals surface area contributed by atoms with Gasteiger partial charge in [0.25, 0.3) is 0 Å². The van der Waals surface area contributed by atoms with E-state index in [-0.39, 0.29) is 11.8 Å². The summed E-state index contributed by atoms with van der Waals surface area (Å²) < 4.78 is 10.9. The number of pyridine rings is 1. The molecule has 156 valence electrons. The minimum Gasteiger partial charge on any atom is -0.497 e. The van der Waals surface area contributed by atoms with Gasteiger partial charge < -0.3 is 9.26 Å². The predicted octanol–water partition coefficient (Wildman–Crippen LogP) is 5.46. The fourth-order valence-corrected chi connectivity index (χ4v) is 3.42. The van der Waals surface area contributed by atoms with Gasteiger partial charge in [-0.1, -0.05) is 35.0 Å². The third kappa shape index (κ3) is 4.33. The monoisotopic (exact) mass is 413 g/mol. The van der Waals surface area contributed by atoms with E-state index >= 15 is 0 Å². The first-order valence-electron chi connectivity index (χ1n) is 9.98. The zero-order valence-electron chi connectivity index (χ0n) is 17.6. The van der Waals surface area contributed by atoms with Gasteiger partial charge in [0.05, 0.1) is 18.6 Å². The molecule has 6 nitrogen and oxygen atoms in total. The van der Waals surface area contributed by atoms with Crippen LogP contribution in [0.2, 0.25) is 0 Å². The first kappa shape index (κ1) is 20.3. The Hall–Kier alpha value is -3.93. The van der Waals surface area contributed by atoms with Crippen molar-refractivity contribution in [2.24, 2.45) is 0 Å². The third-order valence-corrected chi connectivity index (χ3v) is 5.20. The summed E-state index contributed by atoms with van der Waals surface area (Å²) in [4.78, 5) is 17.1. The van der Waals surface area contributed by atoms with Crippen LogP contribution in [0, 0.1) is 6.92 Å². The van der Waals surface area contributed by atoms with Crippen molar-refractivity contribution in [2.75, 3.05) is 12.4 Å². The number of aromatic nitrogens is 2. The summed E-state index contributed by atoms with van der Waals surface area (Å²) in [7, 11) is 1.62. The van der Waals surface area contributed by atoms with Crippen molar-refractivity contribution >= 4 is 11.8 Å².